The van der Waals surface area contributed by atoms with Crippen molar-refractivity contribution in [3.8, 4) is 5.75 Å². The van der Waals surface area contributed by atoms with Crippen LogP contribution < -0.4 is 5.32 Å². The normalized spacial score (nSPS) is 23.9. The second-order valence-corrected chi connectivity index (χ2v) is 9.61. The SMILES string of the molecule is CN1CCc2cc(Cl)c(O)cc2C2c3ccc(NC(=O)C4CCCC4)cc3CCC21. The van der Waals surface area contributed by atoms with Crippen molar-refractivity contribution < 1.29 is 9.90 Å². The van der Waals surface area contributed by atoms with E-state index in [2.05, 4.69) is 35.5 Å². The van der Waals surface area contributed by atoms with Gasteiger partial charge in [-0.25, -0.2) is 0 Å². The highest BCUT2D eigenvalue weighted by Gasteiger charge is 2.37. The van der Waals surface area contributed by atoms with E-state index in [9.17, 15) is 9.90 Å². The molecule has 0 saturated heterocycles. The number of amides is 1. The highest BCUT2D eigenvalue weighted by molar-refractivity contribution is 6.32. The van der Waals surface area contributed by atoms with E-state index in [1.165, 1.54) is 22.3 Å². The summed E-state index contributed by atoms with van der Waals surface area (Å²) in [7, 11) is 2.20. The van der Waals surface area contributed by atoms with Crippen molar-refractivity contribution in [3.63, 3.8) is 0 Å². The summed E-state index contributed by atoms with van der Waals surface area (Å²) in [5.74, 6) is 0.700. The number of phenols is 1. The Bertz CT molecular complexity index is 983. The summed E-state index contributed by atoms with van der Waals surface area (Å²) in [6, 6.07) is 10.6. The Morgan fingerprint density at radius 1 is 1.07 bits per heavy atom. The molecular formula is C25H29ClN2O2. The van der Waals surface area contributed by atoms with E-state index < -0.39 is 0 Å². The number of anilines is 1. The van der Waals surface area contributed by atoms with Gasteiger partial charge in [0.2, 0.25) is 5.91 Å². The first-order chi connectivity index (χ1) is 14.5. The fraction of sp³-hybridized carbons (Fsp3) is 0.480. The number of hydrogen-bond acceptors (Lipinski definition) is 3. The highest BCUT2D eigenvalue weighted by atomic mass is 35.5. The van der Waals surface area contributed by atoms with Crippen LogP contribution >= 0.6 is 11.6 Å². The number of aromatic hydroxyl groups is 1. The number of carbonyl (C=O) groups excluding carboxylic acids is 1. The summed E-state index contributed by atoms with van der Waals surface area (Å²) in [4.78, 5) is 15.0. The lowest BCUT2D eigenvalue weighted by molar-refractivity contribution is -0.119. The predicted octanol–water partition coefficient (Wildman–Crippen LogP) is 5.11. The maximum absolute atomic E-state index is 12.6. The van der Waals surface area contributed by atoms with Crippen LogP contribution in [0.4, 0.5) is 5.69 Å². The average Bonchev–Trinajstić information content (AvgIpc) is 3.24. The molecule has 4 nitrogen and oxygen atoms in total. The maximum Gasteiger partial charge on any atom is 0.227 e. The number of aryl methyl sites for hydroxylation is 1. The van der Waals surface area contributed by atoms with Gasteiger partial charge in [0.05, 0.1) is 5.02 Å². The lowest BCUT2D eigenvalue weighted by Gasteiger charge is -2.38. The van der Waals surface area contributed by atoms with Crippen LogP contribution in [-0.2, 0) is 17.6 Å². The summed E-state index contributed by atoms with van der Waals surface area (Å²) in [6.07, 6.45) is 7.35. The first kappa shape index (κ1) is 19.9. The molecule has 1 fully saturated rings. The van der Waals surface area contributed by atoms with Crippen LogP contribution in [0.1, 0.15) is 60.3 Å². The Balaban J connectivity index is 1.50. The van der Waals surface area contributed by atoms with E-state index >= 15 is 0 Å². The molecule has 2 aromatic carbocycles. The third-order valence-corrected chi connectivity index (χ3v) is 7.71. The van der Waals surface area contributed by atoms with Gasteiger partial charge in [0.1, 0.15) is 5.75 Å². The van der Waals surface area contributed by atoms with Crippen molar-refractivity contribution >= 4 is 23.2 Å². The zero-order valence-corrected chi connectivity index (χ0v) is 18.2. The summed E-state index contributed by atoms with van der Waals surface area (Å²) >= 11 is 6.23. The summed E-state index contributed by atoms with van der Waals surface area (Å²) < 4.78 is 0. The minimum Gasteiger partial charge on any atom is -0.506 e. The Labute approximate surface area is 183 Å². The molecule has 2 unspecified atom stereocenters. The molecule has 5 heteroatoms. The monoisotopic (exact) mass is 424 g/mol. The van der Waals surface area contributed by atoms with Crippen LogP contribution in [0, 0.1) is 5.92 Å². The van der Waals surface area contributed by atoms with Gasteiger partial charge in [-0.1, -0.05) is 30.5 Å². The molecule has 1 amide bonds. The van der Waals surface area contributed by atoms with Gasteiger partial charge in [0.25, 0.3) is 0 Å². The van der Waals surface area contributed by atoms with E-state index in [0.29, 0.717) is 11.1 Å². The predicted molar refractivity (Wildman–Crippen MR) is 120 cm³/mol. The number of likely N-dealkylation sites (N-methyl/N-ethyl adjacent to an activating group) is 1. The minimum atomic E-state index is 0.159. The minimum absolute atomic E-state index is 0.159. The van der Waals surface area contributed by atoms with Gasteiger partial charge >= 0.3 is 0 Å². The van der Waals surface area contributed by atoms with E-state index in [1.807, 2.05) is 12.1 Å². The third kappa shape index (κ3) is 3.50. The lowest BCUT2D eigenvalue weighted by atomic mass is 9.74. The molecule has 5 rings (SSSR count). The quantitative estimate of drug-likeness (QED) is 0.704. The Morgan fingerprint density at radius 2 is 1.83 bits per heavy atom. The second-order valence-electron chi connectivity index (χ2n) is 9.20. The van der Waals surface area contributed by atoms with Crippen molar-refractivity contribution in [1.82, 2.24) is 4.90 Å². The van der Waals surface area contributed by atoms with E-state index in [1.54, 1.807) is 0 Å². The molecule has 0 bridgehead atoms. The molecule has 3 aliphatic rings. The molecule has 0 aromatic heterocycles. The number of nitrogens with zero attached hydrogens (tertiary/aromatic N) is 1. The number of nitrogens with one attached hydrogen (secondary N) is 1. The smallest absolute Gasteiger partial charge is 0.227 e. The molecule has 30 heavy (non-hydrogen) atoms. The number of phenolic OH excluding ortho intramolecular Hbond substituents is 1. The summed E-state index contributed by atoms with van der Waals surface area (Å²) in [5, 5.41) is 13.9. The van der Waals surface area contributed by atoms with Gasteiger partial charge < -0.3 is 15.3 Å². The first-order valence-electron chi connectivity index (χ1n) is 11.2. The zero-order chi connectivity index (χ0) is 20.8. The summed E-state index contributed by atoms with van der Waals surface area (Å²) in [5.41, 5.74) is 5.93. The van der Waals surface area contributed by atoms with Gasteiger partial charge in [0.15, 0.2) is 0 Å². The van der Waals surface area contributed by atoms with Gasteiger partial charge in [-0.05, 0) is 85.7 Å². The van der Waals surface area contributed by atoms with Crippen molar-refractivity contribution in [1.29, 1.82) is 0 Å². The molecule has 1 aliphatic heterocycles. The number of halogens is 1. The Hall–Kier alpha value is -2.04. The van der Waals surface area contributed by atoms with Crippen molar-refractivity contribution in [3.05, 3.63) is 57.6 Å². The van der Waals surface area contributed by atoms with Crippen molar-refractivity contribution in [2.75, 3.05) is 18.9 Å². The molecule has 0 radical (unpaired) electrons. The fourth-order valence-electron chi connectivity index (χ4n) is 5.75. The average molecular weight is 425 g/mol. The number of carbonyl (C=O) groups is 1. The topological polar surface area (TPSA) is 52.6 Å². The van der Waals surface area contributed by atoms with Gasteiger partial charge in [0, 0.05) is 30.1 Å². The van der Waals surface area contributed by atoms with E-state index in [-0.39, 0.29) is 23.5 Å². The van der Waals surface area contributed by atoms with Gasteiger partial charge in [-0.3, -0.25) is 4.79 Å². The standard InChI is InChI=1S/C25H29ClN2O2/c1-28-11-10-17-13-21(26)23(29)14-20(17)24-19-8-7-18(12-16(19)6-9-22(24)28)27-25(30)15-4-2-3-5-15/h7-8,12-15,22,24,29H,2-6,9-11H2,1H3,(H,27,30). The molecule has 0 spiro atoms. The van der Waals surface area contributed by atoms with E-state index in [0.717, 1.165) is 57.2 Å². The maximum atomic E-state index is 12.6. The van der Waals surface area contributed by atoms with Gasteiger partial charge in [-0.2, -0.15) is 0 Å². The molecule has 2 atom stereocenters. The molecule has 2 aliphatic carbocycles. The summed E-state index contributed by atoms with van der Waals surface area (Å²) in [6.45, 7) is 0.986. The fourth-order valence-corrected chi connectivity index (χ4v) is 5.94. The zero-order valence-electron chi connectivity index (χ0n) is 17.5. The number of rotatable bonds is 2. The van der Waals surface area contributed by atoms with Gasteiger partial charge in [-0.15, -0.1) is 0 Å². The molecular weight excluding hydrogens is 396 g/mol. The first-order valence-corrected chi connectivity index (χ1v) is 11.5. The van der Waals surface area contributed by atoms with Crippen LogP contribution in [0.5, 0.6) is 5.75 Å². The second kappa shape index (κ2) is 7.90. The molecule has 2 aromatic rings. The molecule has 158 valence electrons. The number of benzene rings is 2. The van der Waals surface area contributed by atoms with Crippen molar-refractivity contribution in [2.45, 2.75) is 56.9 Å². The van der Waals surface area contributed by atoms with Crippen LogP contribution in [0.25, 0.3) is 0 Å². The molecule has 1 saturated carbocycles. The third-order valence-electron chi connectivity index (χ3n) is 7.41. The number of fused-ring (bicyclic) bond motifs is 5. The Morgan fingerprint density at radius 3 is 2.63 bits per heavy atom. The van der Waals surface area contributed by atoms with Crippen molar-refractivity contribution in [2.24, 2.45) is 5.92 Å². The largest absolute Gasteiger partial charge is 0.506 e. The van der Waals surface area contributed by atoms with Crippen LogP contribution in [0.15, 0.2) is 30.3 Å². The van der Waals surface area contributed by atoms with Crippen LogP contribution in [0.2, 0.25) is 5.02 Å². The molecule has 1 heterocycles. The van der Waals surface area contributed by atoms with Crippen LogP contribution in [-0.4, -0.2) is 35.5 Å². The Kier molecular flexibility index (Phi) is 5.24. The highest BCUT2D eigenvalue weighted by Crippen LogP contribution is 2.45. The number of hydrogen-bond donors (Lipinski definition) is 2. The van der Waals surface area contributed by atoms with Crippen LogP contribution in [0.3, 0.4) is 0 Å². The molecule has 2 N–H and O–H groups in total. The lowest BCUT2D eigenvalue weighted by Crippen LogP contribution is -2.39. The van der Waals surface area contributed by atoms with E-state index in [4.69, 9.17) is 11.6 Å².